The van der Waals surface area contributed by atoms with Gasteiger partial charge in [-0.1, -0.05) is 18.2 Å². The number of carbonyl (C=O) groups excluding carboxylic acids is 1. The molecule has 1 amide bonds. The number of hydrogen-bond donors (Lipinski definition) is 0. The Hall–Kier alpha value is -3.29. The van der Waals surface area contributed by atoms with Crippen molar-refractivity contribution in [1.82, 2.24) is 19.8 Å². The van der Waals surface area contributed by atoms with Crippen LogP contribution < -0.4 is 4.74 Å². The molecule has 0 aliphatic carbocycles. The molecule has 0 saturated carbocycles. The topological polar surface area (TPSA) is 67.8 Å². The fourth-order valence-corrected chi connectivity index (χ4v) is 4.78. The largest absolute Gasteiger partial charge is 0.497 e. The number of benzene rings is 2. The van der Waals surface area contributed by atoms with Crippen LogP contribution in [-0.4, -0.2) is 65.6 Å². The highest BCUT2D eigenvalue weighted by molar-refractivity contribution is 5.96. The van der Waals surface area contributed by atoms with Gasteiger partial charge in [0.15, 0.2) is 5.82 Å². The van der Waals surface area contributed by atoms with Gasteiger partial charge in [0, 0.05) is 43.5 Å². The predicted molar refractivity (Wildman–Crippen MR) is 130 cm³/mol. The Morgan fingerprint density at radius 2 is 1.85 bits per heavy atom. The molecule has 2 aliphatic heterocycles. The molecule has 7 nitrogen and oxygen atoms in total. The van der Waals surface area contributed by atoms with Gasteiger partial charge in [-0.05, 0) is 54.8 Å². The highest BCUT2D eigenvalue weighted by Crippen LogP contribution is 2.33. The number of morpholine rings is 1. The molecule has 7 heteroatoms. The van der Waals surface area contributed by atoms with E-state index in [9.17, 15) is 4.79 Å². The number of rotatable bonds is 6. The second kappa shape index (κ2) is 10.3. The molecule has 2 fully saturated rings. The number of ether oxygens (including phenoxy) is 2. The smallest absolute Gasteiger partial charge is 0.254 e. The summed E-state index contributed by atoms with van der Waals surface area (Å²) in [5.41, 5.74) is 3.67. The first-order valence-electron chi connectivity index (χ1n) is 11.9. The Morgan fingerprint density at radius 1 is 1.06 bits per heavy atom. The summed E-state index contributed by atoms with van der Waals surface area (Å²) < 4.78 is 10.7. The van der Waals surface area contributed by atoms with E-state index in [0.29, 0.717) is 5.82 Å². The maximum Gasteiger partial charge on any atom is 0.254 e. The van der Waals surface area contributed by atoms with Gasteiger partial charge < -0.3 is 14.4 Å². The summed E-state index contributed by atoms with van der Waals surface area (Å²) in [5, 5.41) is 0. The van der Waals surface area contributed by atoms with Crippen molar-refractivity contribution in [1.29, 1.82) is 0 Å². The minimum atomic E-state index is -0.0519. The third-order valence-electron chi connectivity index (χ3n) is 6.63. The standard InChI is InChI=1S/C27H30N4O3/c1-33-22-10-8-20(9-11-22)26-28-13-12-24(29-26)25-7-4-14-31(25)27(32)23-6-3-2-5-21(23)19-30-15-17-34-18-16-30/h2-3,5-6,8-13,25H,4,7,14-19H2,1H3/t25-/m1/s1. The molecule has 2 saturated heterocycles. The zero-order valence-corrected chi connectivity index (χ0v) is 19.5. The molecular formula is C27H30N4O3. The highest BCUT2D eigenvalue weighted by Gasteiger charge is 2.33. The quantitative estimate of drug-likeness (QED) is 0.557. The molecule has 0 spiro atoms. The zero-order chi connectivity index (χ0) is 23.3. The second-order valence-corrected chi connectivity index (χ2v) is 8.74. The third kappa shape index (κ3) is 4.81. The summed E-state index contributed by atoms with van der Waals surface area (Å²) in [6, 6.07) is 17.6. The van der Waals surface area contributed by atoms with E-state index in [4.69, 9.17) is 14.5 Å². The van der Waals surface area contributed by atoms with E-state index >= 15 is 0 Å². The Bertz CT molecular complexity index is 1130. The Balaban J connectivity index is 1.38. The third-order valence-corrected chi connectivity index (χ3v) is 6.63. The van der Waals surface area contributed by atoms with Gasteiger partial charge in [0.05, 0.1) is 32.1 Å². The lowest BCUT2D eigenvalue weighted by atomic mass is 10.0. The molecule has 0 N–H and O–H groups in total. The SMILES string of the molecule is COc1ccc(-c2nccc([C@H]3CCCN3C(=O)c3ccccc3CN3CCOCC3)n2)cc1. The van der Waals surface area contributed by atoms with E-state index in [0.717, 1.165) is 80.4 Å². The molecule has 34 heavy (non-hydrogen) atoms. The number of nitrogens with zero attached hydrogens (tertiary/aromatic N) is 4. The van der Waals surface area contributed by atoms with E-state index in [2.05, 4.69) is 16.0 Å². The minimum absolute atomic E-state index is 0.0519. The molecular weight excluding hydrogens is 428 g/mol. The van der Waals surface area contributed by atoms with E-state index in [1.54, 1.807) is 13.3 Å². The molecule has 5 rings (SSSR count). The molecule has 3 heterocycles. The maximum atomic E-state index is 13.7. The van der Waals surface area contributed by atoms with Crippen LogP contribution >= 0.6 is 0 Å². The molecule has 2 aliphatic rings. The maximum absolute atomic E-state index is 13.7. The lowest BCUT2D eigenvalue weighted by Crippen LogP contribution is -2.37. The van der Waals surface area contributed by atoms with Crippen molar-refractivity contribution >= 4 is 5.91 Å². The average Bonchev–Trinajstić information content (AvgIpc) is 3.40. The van der Waals surface area contributed by atoms with Crippen LogP contribution in [0.2, 0.25) is 0 Å². The van der Waals surface area contributed by atoms with Crippen molar-refractivity contribution in [2.45, 2.75) is 25.4 Å². The number of hydrogen-bond acceptors (Lipinski definition) is 6. The first-order valence-corrected chi connectivity index (χ1v) is 11.9. The predicted octanol–water partition coefficient (Wildman–Crippen LogP) is 3.96. The van der Waals surface area contributed by atoms with Gasteiger partial charge in [-0.2, -0.15) is 0 Å². The first kappa shape index (κ1) is 22.5. The number of aromatic nitrogens is 2. The Morgan fingerprint density at radius 3 is 2.65 bits per heavy atom. The molecule has 176 valence electrons. The number of methoxy groups -OCH3 is 1. The van der Waals surface area contributed by atoms with Crippen LogP contribution in [0.15, 0.2) is 60.8 Å². The first-order chi connectivity index (χ1) is 16.7. The summed E-state index contributed by atoms with van der Waals surface area (Å²) in [4.78, 5) is 27.4. The number of amides is 1. The molecule has 0 radical (unpaired) electrons. The van der Waals surface area contributed by atoms with Gasteiger partial charge in [0.1, 0.15) is 5.75 Å². The fourth-order valence-electron chi connectivity index (χ4n) is 4.78. The van der Waals surface area contributed by atoms with Crippen LogP contribution in [-0.2, 0) is 11.3 Å². The van der Waals surface area contributed by atoms with Gasteiger partial charge in [0.2, 0.25) is 0 Å². The van der Waals surface area contributed by atoms with Crippen molar-refractivity contribution in [2.24, 2.45) is 0 Å². The van der Waals surface area contributed by atoms with Crippen LogP contribution in [0.1, 0.15) is 40.5 Å². The lowest BCUT2D eigenvalue weighted by Gasteiger charge is -2.29. The van der Waals surface area contributed by atoms with Crippen molar-refractivity contribution < 1.29 is 14.3 Å². The second-order valence-electron chi connectivity index (χ2n) is 8.74. The highest BCUT2D eigenvalue weighted by atomic mass is 16.5. The average molecular weight is 459 g/mol. The molecule has 1 aromatic heterocycles. The van der Waals surface area contributed by atoms with Gasteiger partial charge in [-0.3, -0.25) is 9.69 Å². The van der Waals surface area contributed by atoms with Gasteiger partial charge in [-0.15, -0.1) is 0 Å². The van der Waals surface area contributed by atoms with Crippen LogP contribution in [0, 0.1) is 0 Å². The van der Waals surface area contributed by atoms with Crippen molar-refractivity contribution in [2.75, 3.05) is 40.0 Å². The van der Waals surface area contributed by atoms with Crippen LogP contribution in [0.4, 0.5) is 0 Å². The van der Waals surface area contributed by atoms with E-state index in [1.807, 2.05) is 53.4 Å². The normalized spacial score (nSPS) is 18.7. The minimum Gasteiger partial charge on any atom is -0.497 e. The number of likely N-dealkylation sites (tertiary alicyclic amines) is 1. The van der Waals surface area contributed by atoms with Crippen LogP contribution in [0.5, 0.6) is 5.75 Å². The fraction of sp³-hybridized carbons (Fsp3) is 0.370. The zero-order valence-electron chi connectivity index (χ0n) is 19.5. The van der Waals surface area contributed by atoms with Gasteiger partial charge >= 0.3 is 0 Å². The summed E-state index contributed by atoms with van der Waals surface area (Å²) in [6.07, 6.45) is 3.65. The van der Waals surface area contributed by atoms with Gasteiger partial charge in [0.25, 0.3) is 5.91 Å². The van der Waals surface area contributed by atoms with Crippen molar-refractivity contribution in [3.05, 3.63) is 77.6 Å². The van der Waals surface area contributed by atoms with Gasteiger partial charge in [-0.25, -0.2) is 9.97 Å². The van der Waals surface area contributed by atoms with E-state index in [1.165, 1.54) is 0 Å². The van der Waals surface area contributed by atoms with Crippen molar-refractivity contribution in [3.63, 3.8) is 0 Å². The van der Waals surface area contributed by atoms with E-state index < -0.39 is 0 Å². The van der Waals surface area contributed by atoms with E-state index in [-0.39, 0.29) is 11.9 Å². The summed E-state index contributed by atoms with van der Waals surface area (Å²) in [7, 11) is 1.65. The molecule has 3 aromatic rings. The molecule has 1 atom stereocenters. The van der Waals surface area contributed by atoms with Crippen LogP contribution in [0.3, 0.4) is 0 Å². The van der Waals surface area contributed by atoms with Crippen molar-refractivity contribution in [3.8, 4) is 17.1 Å². The number of carbonyl (C=O) groups is 1. The monoisotopic (exact) mass is 458 g/mol. The molecule has 0 unspecified atom stereocenters. The lowest BCUT2D eigenvalue weighted by molar-refractivity contribution is 0.0339. The summed E-state index contributed by atoms with van der Waals surface area (Å²) >= 11 is 0. The molecule has 2 aromatic carbocycles. The Kier molecular flexibility index (Phi) is 6.83. The Labute approximate surface area is 200 Å². The molecule has 0 bridgehead atoms. The summed E-state index contributed by atoms with van der Waals surface area (Å²) in [5.74, 6) is 1.53. The van der Waals surface area contributed by atoms with Crippen LogP contribution in [0.25, 0.3) is 11.4 Å². The summed E-state index contributed by atoms with van der Waals surface area (Å²) in [6.45, 7) is 4.77.